The van der Waals surface area contributed by atoms with Gasteiger partial charge in [-0.1, -0.05) is 48.5 Å². The minimum absolute atomic E-state index is 0.0153. The van der Waals surface area contributed by atoms with Gasteiger partial charge in [-0.05, 0) is 48.2 Å². The number of aromatic nitrogens is 1. The summed E-state index contributed by atoms with van der Waals surface area (Å²) in [4.78, 5) is 15.4. The molecule has 0 aliphatic heterocycles. The first kappa shape index (κ1) is 19.8. The molecule has 0 fully saturated rings. The van der Waals surface area contributed by atoms with Crippen LogP contribution in [0.4, 0.5) is 0 Å². The Kier molecular flexibility index (Phi) is 6.93. The van der Waals surface area contributed by atoms with Crippen molar-refractivity contribution in [3.05, 3.63) is 89.6 Å². The average Bonchev–Trinajstić information content (AvgIpc) is 2.73. The summed E-state index contributed by atoms with van der Waals surface area (Å²) < 4.78 is 0. The Bertz CT molecular complexity index is 891. The molecule has 0 saturated heterocycles. The first-order chi connectivity index (χ1) is 13.6. The second-order valence-corrected chi connectivity index (χ2v) is 6.99. The number of carbonyl (C=O) groups excluding carboxylic acids is 1. The van der Waals surface area contributed by atoms with Gasteiger partial charge in [-0.25, -0.2) is 0 Å². The molecule has 0 bridgehead atoms. The molecule has 4 nitrogen and oxygen atoms in total. The fourth-order valence-electron chi connectivity index (χ4n) is 3.12. The van der Waals surface area contributed by atoms with Gasteiger partial charge in [-0.2, -0.15) is 0 Å². The Balaban J connectivity index is 1.55. The quantitative estimate of drug-likeness (QED) is 0.620. The van der Waals surface area contributed by atoms with Crippen molar-refractivity contribution in [3.63, 3.8) is 0 Å². The number of carbonyl (C=O) groups is 1. The molecule has 3 rings (SSSR count). The highest BCUT2D eigenvalue weighted by molar-refractivity contribution is 5.72. The van der Waals surface area contributed by atoms with Crippen LogP contribution in [0, 0.1) is 0 Å². The third-order valence-electron chi connectivity index (χ3n) is 4.77. The Labute approximate surface area is 167 Å². The zero-order valence-electron chi connectivity index (χ0n) is 16.5. The van der Waals surface area contributed by atoms with E-state index in [2.05, 4.69) is 71.1 Å². The van der Waals surface area contributed by atoms with E-state index in [1.807, 2.05) is 24.4 Å². The average molecular weight is 374 g/mol. The van der Waals surface area contributed by atoms with E-state index in [0.717, 1.165) is 24.2 Å². The van der Waals surface area contributed by atoms with Crippen molar-refractivity contribution in [1.29, 1.82) is 0 Å². The predicted octanol–water partition coefficient (Wildman–Crippen LogP) is 4.28. The lowest BCUT2D eigenvalue weighted by Crippen LogP contribution is -2.22. The van der Waals surface area contributed by atoms with Crippen LogP contribution in [0.5, 0.6) is 0 Å². The van der Waals surface area contributed by atoms with E-state index in [4.69, 9.17) is 0 Å². The van der Waals surface area contributed by atoms with Gasteiger partial charge >= 0.3 is 0 Å². The summed E-state index contributed by atoms with van der Waals surface area (Å²) in [5, 5.41) is 6.42. The number of amides is 1. The first-order valence-electron chi connectivity index (χ1n) is 9.69. The summed E-state index contributed by atoms with van der Waals surface area (Å²) in [5.41, 5.74) is 5.85. The van der Waals surface area contributed by atoms with Crippen LogP contribution in [-0.4, -0.2) is 17.4 Å². The third-order valence-corrected chi connectivity index (χ3v) is 4.77. The molecule has 2 N–H and O–H groups in total. The summed E-state index contributed by atoms with van der Waals surface area (Å²) in [5.74, 6) is 0.0153. The van der Waals surface area contributed by atoms with Crippen LogP contribution in [0.2, 0.25) is 0 Å². The lowest BCUT2D eigenvalue weighted by atomic mass is 10.0. The van der Waals surface area contributed by atoms with Crippen LogP contribution >= 0.6 is 0 Å². The van der Waals surface area contributed by atoms with Crippen LogP contribution < -0.4 is 10.6 Å². The first-order valence-corrected chi connectivity index (χ1v) is 9.69. The van der Waals surface area contributed by atoms with Gasteiger partial charge in [0.1, 0.15) is 0 Å². The lowest BCUT2D eigenvalue weighted by molar-refractivity contribution is -0.118. The Morgan fingerprint density at radius 1 is 1.00 bits per heavy atom. The van der Waals surface area contributed by atoms with E-state index >= 15 is 0 Å². The van der Waals surface area contributed by atoms with Crippen LogP contribution in [0.25, 0.3) is 11.3 Å². The molecule has 0 saturated carbocycles. The zero-order valence-corrected chi connectivity index (χ0v) is 16.5. The summed E-state index contributed by atoms with van der Waals surface area (Å²) in [7, 11) is 0. The number of nitrogens with one attached hydrogen (secondary N) is 2. The molecule has 0 unspecified atom stereocenters. The van der Waals surface area contributed by atoms with Gasteiger partial charge in [0.2, 0.25) is 5.91 Å². The molecule has 1 amide bonds. The molecule has 144 valence electrons. The lowest BCUT2D eigenvalue weighted by Gasteiger charge is -2.15. The largest absolute Gasteiger partial charge is 0.356 e. The molecule has 2 aromatic carbocycles. The van der Waals surface area contributed by atoms with Crippen LogP contribution in [0.3, 0.4) is 0 Å². The number of benzene rings is 2. The van der Waals surface area contributed by atoms with Gasteiger partial charge in [-0.15, -0.1) is 0 Å². The van der Waals surface area contributed by atoms with Crippen molar-refractivity contribution in [3.8, 4) is 11.3 Å². The smallest absolute Gasteiger partial charge is 0.216 e. The molecule has 1 atom stereocenters. The standard InChI is InChI=1S/C24H27N3O/c1-18(22-11-9-20(10-12-22)13-15-25-19(2)28)27-17-21-6-5-7-23(16-21)24-8-3-4-14-26-24/h3-12,14,16,18,27H,13,15,17H2,1-2H3,(H,25,28)/t18-/m1/s1. The van der Waals surface area contributed by atoms with E-state index in [1.54, 1.807) is 6.92 Å². The van der Waals surface area contributed by atoms with Gasteiger partial charge < -0.3 is 10.6 Å². The molecule has 1 heterocycles. The van der Waals surface area contributed by atoms with Crippen molar-refractivity contribution < 1.29 is 4.79 Å². The molecule has 4 heteroatoms. The number of nitrogens with zero attached hydrogens (tertiary/aromatic N) is 1. The highest BCUT2D eigenvalue weighted by Gasteiger charge is 2.06. The maximum Gasteiger partial charge on any atom is 0.216 e. The maximum atomic E-state index is 10.9. The molecule has 0 radical (unpaired) electrons. The minimum Gasteiger partial charge on any atom is -0.356 e. The molecule has 3 aromatic rings. The van der Waals surface area contributed by atoms with E-state index in [0.29, 0.717) is 6.54 Å². The van der Waals surface area contributed by atoms with Crippen molar-refractivity contribution >= 4 is 5.91 Å². The van der Waals surface area contributed by atoms with E-state index in [9.17, 15) is 4.79 Å². The summed E-state index contributed by atoms with van der Waals surface area (Å²) in [6, 6.07) is 23.3. The van der Waals surface area contributed by atoms with Gasteiger partial charge in [0.15, 0.2) is 0 Å². The second kappa shape index (κ2) is 9.81. The van der Waals surface area contributed by atoms with Crippen molar-refractivity contribution in [2.75, 3.05) is 6.54 Å². The van der Waals surface area contributed by atoms with Gasteiger partial charge in [0, 0.05) is 37.8 Å². The number of pyridine rings is 1. The van der Waals surface area contributed by atoms with E-state index < -0.39 is 0 Å². The molecular formula is C24H27N3O. The van der Waals surface area contributed by atoms with E-state index in [1.165, 1.54) is 16.7 Å². The summed E-state index contributed by atoms with van der Waals surface area (Å²) in [6.45, 7) is 5.19. The maximum absolute atomic E-state index is 10.9. The van der Waals surface area contributed by atoms with Crippen molar-refractivity contribution in [1.82, 2.24) is 15.6 Å². The molecule has 0 aliphatic rings. The van der Waals surface area contributed by atoms with E-state index in [-0.39, 0.29) is 11.9 Å². The predicted molar refractivity (Wildman–Crippen MR) is 114 cm³/mol. The molecule has 28 heavy (non-hydrogen) atoms. The normalized spacial score (nSPS) is 11.8. The van der Waals surface area contributed by atoms with Gasteiger partial charge in [0.05, 0.1) is 5.69 Å². The minimum atomic E-state index is 0.0153. The molecule has 0 spiro atoms. The topological polar surface area (TPSA) is 54.0 Å². The third kappa shape index (κ3) is 5.76. The monoisotopic (exact) mass is 373 g/mol. The summed E-state index contributed by atoms with van der Waals surface area (Å²) in [6.07, 6.45) is 2.67. The Morgan fingerprint density at radius 3 is 2.54 bits per heavy atom. The number of rotatable bonds is 8. The molecular weight excluding hydrogens is 346 g/mol. The Hall–Kier alpha value is -2.98. The fraction of sp³-hybridized carbons (Fsp3) is 0.250. The van der Waals surface area contributed by atoms with Gasteiger partial charge in [-0.3, -0.25) is 9.78 Å². The van der Waals surface area contributed by atoms with Crippen molar-refractivity contribution in [2.24, 2.45) is 0 Å². The second-order valence-electron chi connectivity index (χ2n) is 6.99. The van der Waals surface area contributed by atoms with Crippen molar-refractivity contribution in [2.45, 2.75) is 32.9 Å². The number of hydrogen-bond donors (Lipinski definition) is 2. The highest BCUT2D eigenvalue weighted by atomic mass is 16.1. The van der Waals surface area contributed by atoms with Crippen LogP contribution in [0.1, 0.15) is 36.6 Å². The summed E-state index contributed by atoms with van der Waals surface area (Å²) >= 11 is 0. The SMILES string of the molecule is CC(=O)NCCc1ccc([C@@H](C)NCc2cccc(-c3ccccn3)c2)cc1. The highest BCUT2D eigenvalue weighted by Crippen LogP contribution is 2.19. The molecule has 0 aliphatic carbocycles. The Morgan fingerprint density at radius 2 is 1.82 bits per heavy atom. The van der Waals surface area contributed by atoms with Gasteiger partial charge in [0.25, 0.3) is 0 Å². The van der Waals surface area contributed by atoms with Crippen LogP contribution in [-0.2, 0) is 17.8 Å². The van der Waals surface area contributed by atoms with Crippen LogP contribution in [0.15, 0.2) is 72.9 Å². The zero-order chi connectivity index (χ0) is 19.8. The number of hydrogen-bond acceptors (Lipinski definition) is 3. The molecule has 1 aromatic heterocycles. The fourth-order valence-corrected chi connectivity index (χ4v) is 3.12.